The van der Waals surface area contributed by atoms with E-state index in [9.17, 15) is 4.79 Å². The van der Waals surface area contributed by atoms with Gasteiger partial charge in [-0.15, -0.1) is 0 Å². The van der Waals surface area contributed by atoms with Gasteiger partial charge in [0.2, 0.25) is 0 Å². The summed E-state index contributed by atoms with van der Waals surface area (Å²) in [5.74, 6) is -0.459. The van der Waals surface area contributed by atoms with Crippen molar-refractivity contribution in [3.05, 3.63) is 51.0 Å². The van der Waals surface area contributed by atoms with Crippen LogP contribution in [0.25, 0.3) is 0 Å². The lowest BCUT2D eigenvalue weighted by molar-refractivity contribution is 0.0602. The highest BCUT2D eigenvalue weighted by atomic mass is 79.9. The summed E-state index contributed by atoms with van der Waals surface area (Å²) in [6.07, 6.45) is 0. The van der Waals surface area contributed by atoms with E-state index in [1.807, 2.05) is 13.0 Å². The minimum absolute atomic E-state index is 0.362. The molecule has 0 atom stereocenters. The smallest absolute Gasteiger partial charge is 0.340 e. The first kappa shape index (κ1) is 15.7. The molecule has 4 nitrogen and oxygen atoms in total. The molecule has 0 aliphatic heterocycles. The molecule has 0 spiro atoms. The van der Waals surface area contributed by atoms with Crippen LogP contribution >= 0.6 is 27.5 Å². The first-order valence-corrected chi connectivity index (χ1v) is 7.30. The normalized spacial score (nSPS) is 10.3. The lowest BCUT2D eigenvalue weighted by Gasteiger charge is -2.15. The van der Waals surface area contributed by atoms with Crippen LogP contribution < -0.4 is 11.1 Å². The second kappa shape index (κ2) is 6.37. The molecule has 3 N–H and O–H groups in total. The molecule has 0 unspecified atom stereocenters. The van der Waals surface area contributed by atoms with E-state index in [2.05, 4.69) is 21.2 Å². The Hall–Kier alpha value is -1.72. The van der Waals surface area contributed by atoms with E-state index in [1.54, 1.807) is 24.3 Å². The van der Waals surface area contributed by atoms with Gasteiger partial charge in [0.05, 0.1) is 29.7 Å². The zero-order valence-electron chi connectivity index (χ0n) is 11.5. The fourth-order valence-corrected chi connectivity index (χ4v) is 2.59. The number of nitrogen functional groups attached to an aromatic ring is 1. The molecule has 0 amide bonds. The van der Waals surface area contributed by atoms with E-state index in [1.165, 1.54) is 7.11 Å². The van der Waals surface area contributed by atoms with Crippen molar-refractivity contribution in [2.24, 2.45) is 0 Å². The Labute approximate surface area is 136 Å². The van der Waals surface area contributed by atoms with Crippen LogP contribution in [0.1, 0.15) is 15.9 Å². The van der Waals surface area contributed by atoms with Gasteiger partial charge in [-0.1, -0.05) is 17.7 Å². The summed E-state index contributed by atoms with van der Waals surface area (Å²) in [5.41, 5.74) is 8.92. The van der Waals surface area contributed by atoms with Crippen molar-refractivity contribution in [1.82, 2.24) is 0 Å². The first-order valence-electron chi connectivity index (χ1n) is 6.13. The molecule has 6 heteroatoms. The summed E-state index contributed by atoms with van der Waals surface area (Å²) in [5, 5.41) is 3.76. The minimum Gasteiger partial charge on any atom is -0.465 e. The van der Waals surface area contributed by atoms with E-state index in [4.69, 9.17) is 22.1 Å². The summed E-state index contributed by atoms with van der Waals surface area (Å²) in [7, 11) is 1.33. The van der Waals surface area contributed by atoms with E-state index in [0.717, 1.165) is 10.0 Å². The predicted octanol–water partition coefficient (Wildman–Crippen LogP) is 4.52. The molecule has 110 valence electrons. The highest BCUT2D eigenvalue weighted by Gasteiger charge is 2.15. The summed E-state index contributed by atoms with van der Waals surface area (Å²) in [4.78, 5) is 11.8. The Morgan fingerprint density at radius 3 is 2.76 bits per heavy atom. The third kappa shape index (κ3) is 3.31. The van der Waals surface area contributed by atoms with Gasteiger partial charge in [0.15, 0.2) is 0 Å². The van der Waals surface area contributed by atoms with Crippen LogP contribution in [0.4, 0.5) is 17.1 Å². The van der Waals surface area contributed by atoms with Gasteiger partial charge in [-0.25, -0.2) is 4.79 Å². The molecule has 0 aliphatic rings. The van der Waals surface area contributed by atoms with Crippen LogP contribution in [-0.2, 0) is 4.74 Å². The Morgan fingerprint density at radius 1 is 1.38 bits per heavy atom. The number of halogens is 2. The molecule has 0 aliphatic carbocycles. The number of carbonyl (C=O) groups excluding carboxylic acids is 1. The number of esters is 1. The monoisotopic (exact) mass is 368 g/mol. The number of carbonyl (C=O) groups is 1. The summed E-state index contributed by atoms with van der Waals surface area (Å²) >= 11 is 9.60. The van der Waals surface area contributed by atoms with E-state index >= 15 is 0 Å². The molecule has 2 rings (SSSR count). The predicted molar refractivity (Wildman–Crippen MR) is 89.4 cm³/mol. The van der Waals surface area contributed by atoms with Crippen molar-refractivity contribution in [2.75, 3.05) is 18.2 Å². The molecular formula is C15H14BrClN2O2. The maximum absolute atomic E-state index is 11.8. The van der Waals surface area contributed by atoms with Gasteiger partial charge >= 0.3 is 5.97 Å². The lowest BCUT2D eigenvalue weighted by atomic mass is 10.1. The third-order valence-corrected chi connectivity index (χ3v) is 4.07. The first-order chi connectivity index (χ1) is 9.93. The van der Waals surface area contributed by atoms with Crippen LogP contribution in [0.15, 0.2) is 34.8 Å². The number of anilines is 3. The Balaban J connectivity index is 2.49. The van der Waals surface area contributed by atoms with Gasteiger partial charge in [0.25, 0.3) is 0 Å². The molecule has 0 saturated carbocycles. The van der Waals surface area contributed by atoms with Crippen LogP contribution in [0.5, 0.6) is 0 Å². The molecule has 0 radical (unpaired) electrons. The molecular weight excluding hydrogens is 356 g/mol. The minimum atomic E-state index is -0.459. The molecule has 0 aromatic heterocycles. The molecule has 2 aromatic rings. The van der Waals surface area contributed by atoms with Crippen LogP contribution in [0.2, 0.25) is 5.02 Å². The van der Waals surface area contributed by atoms with Gasteiger partial charge < -0.3 is 15.8 Å². The maximum Gasteiger partial charge on any atom is 0.340 e. The van der Waals surface area contributed by atoms with Gasteiger partial charge in [0.1, 0.15) is 0 Å². The third-order valence-electron chi connectivity index (χ3n) is 3.01. The molecule has 2 aromatic carbocycles. The van der Waals surface area contributed by atoms with Crippen LogP contribution in [0, 0.1) is 6.92 Å². The maximum atomic E-state index is 11.8. The number of hydrogen-bond acceptors (Lipinski definition) is 4. The zero-order valence-corrected chi connectivity index (χ0v) is 13.9. The molecule has 0 bridgehead atoms. The van der Waals surface area contributed by atoms with Gasteiger partial charge in [-0.3, -0.25) is 0 Å². The zero-order chi connectivity index (χ0) is 15.6. The fourth-order valence-electron chi connectivity index (χ4n) is 1.87. The van der Waals surface area contributed by atoms with Crippen molar-refractivity contribution >= 4 is 50.6 Å². The highest BCUT2D eigenvalue weighted by Crippen LogP contribution is 2.34. The number of nitrogens with one attached hydrogen (secondary N) is 1. The Morgan fingerprint density at radius 2 is 2.10 bits per heavy atom. The average molecular weight is 370 g/mol. The van der Waals surface area contributed by atoms with Crippen molar-refractivity contribution in [3.8, 4) is 0 Å². The fraction of sp³-hybridized carbons (Fsp3) is 0.133. The second-order valence-corrected chi connectivity index (χ2v) is 5.73. The molecule has 0 saturated heterocycles. The van der Waals surface area contributed by atoms with Crippen molar-refractivity contribution < 1.29 is 9.53 Å². The summed E-state index contributed by atoms with van der Waals surface area (Å²) in [6.45, 7) is 1.91. The van der Waals surface area contributed by atoms with Crippen LogP contribution in [-0.4, -0.2) is 13.1 Å². The van der Waals surface area contributed by atoms with E-state index < -0.39 is 5.97 Å². The Kier molecular flexibility index (Phi) is 4.75. The number of aryl methyl sites for hydroxylation is 1. The SMILES string of the molecule is COC(=O)c1cccc(N)c1Nc1cc(Cl)c(C)cc1Br. The average Bonchev–Trinajstić information content (AvgIpc) is 2.45. The Bertz CT molecular complexity index is 704. The topological polar surface area (TPSA) is 64.3 Å². The van der Waals surface area contributed by atoms with E-state index in [0.29, 0.717) is 27.6 Å². The molecule has 21 heavy (non-hydrogen) atoms. The van der Waals surface area contributed by atoms with Crippen molar-refractivity contribution in [2.45, 2.75) is 6.92 Å². The van der Waals surface area contributed by atoms with Crippen molar-refractivity contribution in [1.29, 1.82) is 0 Å². The number of methoxy groups -OCH3 is 1. The molecule has 0 fully saturated rings. The summed E-state index contributed by atoms with van der Waals surface area (Å²) < 4.78 is 5.59. The van der Waals surface area contributed by atoms with Gasteiger partial charge in [-0.2, -0.15) is 0 Å². The molecule has 0 heterocycles. The second-order valence-electron chi connectivity index (χ2n) is 4.47. The lowest BCUT2D eigenvalue weighted by Crippen LogP contribution is -2.08. The standard InChI is InChI=1S/C15H14BrClN2O2/c1-8-6-10(16)13(7-11(8)17)19-14-9(15(20)21-2)4-3-5-12(14)18/h3-7,19H,18H2,1-2H3. The summed E-state index contributed by atoms with van der Waals surface area (Å²) in [6, 6.07) is 8.71. The quantitative estimate of drug-likeness (QED) is 0.616. The van der Waals surface area contributed by atoms with Crippen LogP contribution in [0.3, 0.4) is 0 Å². The highest BCUT2D eigenvalue weighted by molar-refractivity contribution is 9.10. The number of nitrogens with two attached hydrogens (primary N) is 1. The number of para-hydroxylation sites is 1. The largest absolute Gasteiger partial charge is 0.465 e. The number of hydrogen-bond donors (Lipinski definition) is 2. The van der Waals surface area contributed by atoms with E-state index in [-0.39, 0.29) is 0 Å². The number of rotatable bonds is 3. The van der Waals surface area contributed by atoms with Crippen molar-refractivity contribution in [3.63, 3.8) is 0 Å². The van der Waals surface area contributed by atoms with Gasteiger partial charge in [-0.05, 0) is 52.7 Å². The number of benzene rings is 2. The number of ether oxygens (including phenoxy) is 1. The van der Waals surface area contributed by atoms with Gasteiger partial charge in [0, 0.05) is 9.50 Å².